The summed E-state index contributed by atoms with van der Waals surface area (Å²) < 4.78 is 37.7. The molecule has 0 radical (unpaired) electrons. The Morgan fingerprint density at radius 3 is 2.56 bits per heavy atom. The topological polar surface area (TPSA) is 53.1 Å². The third-order valence-corrected chi connectivity index (χ3v) is 3.16. The quantitative estimate of drug-likeness (QED) is 0.579. The Bertz CT molecular complexity index is 252. The van der Waals surface area contributed by atoms with E-state index in [4.69, 9.17) is 11.1 Å². The van der Waals surface area contributed by atoms with Crippen LogP contribution in [0.2, 0.25) is 0 Å². The largest absolute Gasteiger partial charge is 0.399 e. The van der Waals surface area contributed by atoms with Crippen LogP contribution in [0.5, 0.6) is 0 Å². The summed E-state index contributed by atoms with van der Waals surface area (Å²) in [4.78, 5) is 1.76. The Balaban J connectivity index is 2.54. The summed E-state index contributed by atoms with van der Waals surface area (Å²) in [6, 6.07) is 0. The molecule has 0 aromatic heterocycles. The van der Waals surface area contributed by atoms with Crippen molar-refractivity contribution in [2.45, 2.75) is 25.9 Å². The van der Waals surface area contributed by atoms with E-state index in [1.54, 1.807) is 4.90 Å². The number of hydrogen-bond donors (Lipinski definition) is 2. The maximum absolute atomic E-state index is 12.6. The normalized spacial score (nSPS) is 24.6. The van der Waals surface area contributed by atoms with Crippen molar-refractivity contribution >= 4 is 5.84 Å². The van der Waals surface area contributed by atoms with Gasteiger partial charge in [0.25, 0.3) is 0 Å². The molecule has 0 aromatic carbocycles. The fraction of sp³-hybridized carbons (Fsp3) is 0.900. The molecular weight excluding hydrogens is 219 g/mol. The van der Waals surface area contributed by atoms with E-state index in [1.165, 1.54) is 0 Å². The molecule has 1 saturated heterocycles. The Morgan fingerprint density at radius 2 is 2.19 bits per heavy atom. The molecule has 6 heteroatoms. The van der Waals surface area contributed by atoms with Crippen LogP contribution in [-0.4, -0.2) is 36.5 Å². The minimum atomic E-state index is -4.41. The summed E-state index contributed by atoms with van der Waals surface area (Å²) in [7, 11) is 0. The van der Waals surface area contributed by atoms with Gasteiger partial charge in [-0.1, -0.05) is 13.3 Å². The Morgan fingerprint density at radius 1 is 1.56 bits per heavy atom. The molecule has 0 bridgehead atoms. The Hall–Kier alpha value is -0.780. The number of nitrogens with two attached hydrogens (primary N) is 1. The van der Waals surface area contributed by atoms with Crippen molar-refractivity contribution in [3.05, 3.63) is 0 Å². The summed E-state index contributed by atoms with van der Waals surface area (Å²) in [6.45, 7) is 3.24. The number of halogens is 3. The smallest absolute Gasteiger partial charge is 0.387 e. The number of nitrogens with zero attached hydrogens (tertiary/aromatic N) is 1. The fourth-order valence-corrected chi connectivity index (χ4v) is 2.05. The molecular formula is C10H18F3N3. The van der Waals surface area contributed by atoms with Gasteiger partial charge >= 0.3 is 6.18 Å². The number of amidine groups is 1. The lowest BCUT2D eigenvalue weighted by molar-refractivity contribution is -0.159. The van der Waals surface area contributed by atoms with Crippen LogP contribution >= 0.6 is 0 Å². The van der Waals surface area contributed by atoms with E-state index in [9.17, 15) is 13.2 Å². The molecule has 2 atom stereocenters. The number of rotatable bonds is 4. The highest BCUT2D eigenvalue weighted by atomic mass is 19.4. The molecule has 16 heavy (non-hydrogen) atoms. The third kappa shape index (κ3) is 3.37. The van der Waals surface area contributed by atoms with Crippen molar-refractivity contribution in [2.75, 3.05) is 19.6 Å². The first-order valence-corrected chi connectivity index (χ1v) is 5.47. The highest BCUT2D eigenvalue weighted by Gasteiger charge is 2.43. The minimum Gasteiger partial charge on any atom is -0.387 e. The average molecular weight is 237 g/mol. The summed E-state index contributed by atoms with van der Waals surface area (Å²) >= 11 is 0. The number of likely N-dealkylation sites (tertiary alicyclic amines) is 1. The van der Waals surface area contributed by atoms with Gasteiger partial charge in [-0.05, 0) is 18.9 Å². The summed E-state index contributed by atoms with van der Waals surface area (Å²) in [5.74, 6) is -2.11. The molecule has 3 N–H and O–H groups in total. The molecule has 94 valence electrons. The lowest BCUT2D eigenvalue weighted by Gasteiger charge is -2.24. The van der Waals surface area contributed by atoms with Gasteiger partial charge in [0.2, 0.25) is 0 Å². The summed E-state index contributed by atoms with van der Waals surface area (Å²) in [5.41, 5.74) is 5.00. The van der Waals surface area contributed by atoms with Gasteiger partial charge in [0, 0.05) is 13.1 Å². The van der Waals surface area contributed by atoms with Crippen molar-refractivity contribution in [1.29, 1.82) is 5.41 Å². The predicted octanol–water partition coefficient (Wildman–Crippen LogP) is 1.83. The van der Waals surface area contributed by atoms with Crippen molar-refractivity contribution in [3.63, 3.8) is 0 Å². The molecule has 0 amide bonds. The average Bonchev–Trinajstić information content (AvgIpc) is 2.59. The van der Waals surface area contributed by atoms with Crippen LogP contribution in [0.15, 0.2) is 0 Å². The van der Waals surface area contributed by atoms with Gasteiger partial charge < -0.3 is 10.6 Å². The first-order valence-electron chi connectivity index (χ1n) is 5.47. The van der Waals surface area contributed by atoms with Crippen LogP contribution in [-0.2, 0) is 0 Å². The number of nitrogens with one attached hydrogen (secondary N) is 1. The van der Waals surface area contributed by atoms with Gasteiger partial charge in [0.15, 0.2) is 0 Å². The second-order valence-electron chi connectivity index (χ2n) is 4.37. The molecule has 0 saturated carbocycles. The van der Waals surface area contributed by atoms with Crippen LogP contribution in [0, 0.1) is 17.2 Å². The van der Waals surface area contributed by atoms with Crippen molar-refractivity contribution in [3.8, 4) is 0 Å². The molecule has 2 unspecified atom stereocenters. The molecule has 0 spiro atoms. The SMILES string of the molecule is CCC1CCN(CC(C(=N)N)C(F)(F)F)C1. The van der Waals surface area contributed by atoms with Gasteiger partial charge in [0.1, 0.15) is 11.8 Å². The molecule has 0 aliphatic carbocycles. The first-order chi connectivity index (χ1) is 7.34. The number of hydrogen-bond acceptors (Lipinski definition) is 2. The second-order valence-corrected chi connectivity index (χ2v) is 4.37. The highest BCUT2D eigenvalue weighted by molar-refractivity contribution is 5.80. The molecule has 1 fully saturated rings. The van der Waals surface area contributed by atoms with E-state index >= 15 is 0 Å². The van der Waals surface area contributed by atoms with Crippen LogP contribution in [0.3, 0.4) is 0 Å². The highest BCUT2D eigenvalue weighted by Crippen LogP contribution is 2.29. The van der Waals surface area contributed by atoms with Crippen LogP contribution in [0.1, 0.15) is 19.8 Å². The Labute approximate surface area is 93.3 Å². The van der Waals surface area contributed by atoms with E-state index < -0.39 is 17.9 Å². The Kier molecular flexibility index (Phi) is 4.18. The van der Waals surface area contributed by atoms with E-state index in [2.05, 4.69) is 0 Å². The monoisotopic (exact) mass is 237 g/mol. The number of alkyl halides is 3. The lowest BCUT2D eigenvalue weighted by Crippen LogP contribution is -2.43. The van der Waals surface area contributed by atoms with Gasteiger partial charge in [-0.3, -0.25) is 5.41 Å². The third-order valence-electron chi connectivity index (χ3n) is 3.16. The minimum absolute atomic E-state index is 0.171. The van der Waals surface area contributed by atoms with Crippen LogP contribution in [0.25, 0.3) is 0 Å². The van der Waals surface area contributed by atoms with Gasteiger partial charge in [-0.2, -0.15) is 13.2 Å². The zero-order chi connectivity index (χ0) is 12.3. The van der Waals surface area contributed by atoms with Crippen molar-refractivity contribution in [1.82, 2.24) is 4.90 Å². The first kappa shape index (κ1) is 13.3. The van der Waals surface area contributed by atoms with E-state index in [0.717, 1.165) is 12.8 Å². The van der Waals surface area contributed by atoms with Crippen molar-refractivity contribution < 1.29 is 13.2 Å². The molecule has 1 aliphatic rings. The maximum Gasteiger partial charge on any atom is 0.399 e. The van der Waals surface area contributed by atoms with E-state index in [-0.39, 0.29) is 6.54 Å². The standard InChI is InChI=1S/C10H18F3N3/c1-2-7-3-4-16(5-7)6-8(9(14)15)10(11,12)13/h7-8H,2-6H2,1H3,(H3,14,15). The predicted molar refractivity (Wildman–Crippen MR) is 56.3 cm³/mol. The summed E-state index contributed by atoms with van der Waals surface area (Å²) in [5, 5.41) is 7.00. The van der Waals surface area contributed by atoms with Gasteiger partial charge in [-0.25, -0.2) is 0 Å². The van der Waals surface area contributed by atoms with Crippen LogP contribution in [0.4, 0.5) is 13.2 Å². The lowest BCUT2D eigenvalue weighted by atomic mass is 10.1. The second kappa shape index (κ2) is 5.03. The fourth-order valence-electron chi connectivity index (χ4n) is 2.05. The van der Waals surface area contributed by atoms with Gasteiger partial charge in [0.05, 0.1) is 0 Å². The molecule has 0 aromatic rings. The molecule has 1 heterocycles. The molecule has 1 rings (SSSR count). The zero-order valence-electron chi connectivity index (χ0n) is 9.35. The van der Waals surface area contributed by atoms with Crippen LogP contribution < -0.4 is 5.73 Å². The van der Waals surface area contributed by atoms with Crippen molar-refractivity contribution in [2.24, 2.45) is 17.6 Å². The van der Waals surface area contributed by atoms with E-state index in [0.29, 0.717) is 19.0 Å². The zero-order valence-corrected chi connectivity index (χ0v) is 9.35. The summed E-state index contributed by atoms with van der Waals surface area (Å²) in [6.07, 6.45) is -2.47. The molecule has 1 aliphatic heterocycles. The molecule has 3 nitrogen and oxygen atoms in total. The van der Waals surface area contributed by atoms with Gasteiger partial charge in [-0.15, -0.1) is 0 Å². The van der Waals surface area contributed by atoms with E-state index in [1.807, 2.05) is 6.92 Å². The maximum atomic E-state index is 12.6.